The summed E-state index contributed by atoms with van der Waals surface area (Å²) < 4.78 is 3.62. The molecule has 1 fully saturated rings. The third-order valence-corrected chi connectivity index (χ3v) is 5.96. The Bertz CT molecular complexity index is 1290. The molecule has 0 bridgehead atoms. The molecule has 0 radical (unpaired) electrons. The van der Waals surface area contributed by atoms with E-state index in [9.17, 15) is 4.79 Å². The minimum Gasteiger partial charge on any atom is -0.299 e. The molecule has 1 aliphatic heterocycles. The second-order valence-electron chi connectivity index (χ2n) is 7.80. The van der Waals surface area contributed by atoms with Gasteiger partial charge in [0.1, 0.15) is 12.1 Å². The Morgan fingerprint density at radius 2 is 1.94 bits per heavy atom. The maximum absolute atomic E-state index is 13.1. The molecular formula is C23H19N7O. The van der Waals surface area contributed by atoms with Crippen LogP contribution in [0.15, 0.2) is 72.4 Å². The van der Waals surface area contributed by atoms with Gasteiger partial charge in [0, 0.05) is 41.8 Å². The average Bonchev–Trinajstić information content (AvgIpc) is 3.46. The number of hydrogen-bond donors (Lipinski definition) is 0. The summed E-state index contributed by atoms with van der Waals surface area (Å²) in [6.07, 6.45) is 9.22. The Hall–Kier alpha value is -3.94. The smallest absolute Gasteiger partial charge is 0.248 e. The van der Waals surface area contributed by atoms with Crippen molar-refractivity contribution >= 4 is 17.4 Å². The zero-order chi connectivity index (χ0) is 20.8. The highest BCUT2D eigenvalue weighted by atomic mass is 16.1. The molecule has 1 aromatic carbocycles. The van der Waals surface area contributed by atoms with Crippen LogP contribution in [0.25, 0.3) is 16.9 Å². The predicted molar refractivity (Wildman–Crippen MR) is 114 cm³/mol. The van der Waals surface area contributed by atoms with Crippen LogP contribution in [0.1, 0.15) is 30.9 Å². The summed E-state index contributed by atoms with van der Waals surface area (Å²) in [6.45, 7) is 0. The molecule has 1 aliphatic carbocycles. The molecule has 6 rings (SSSR count). The molecule has 0 saturated heterocycles. The molecule has 8 nitrogen and oxygen atoms in total. The van der Waals surface area contributed by atoms with Crippen LogP contribution in [-0.4, -0.2) is 41.0 Å². The van der Waals surface area contributed by atoms with Crippen LogP contribution in [-0.2, 0) is 4.79 Å². The van der Waals surface area contributed by atoms with Gasteiger partial charge >= 0.3 is 0 Å². The monoisotopic (exact) mass is 409 g/mol. The first-order chi connectivity index (χ1) is 15.3. The highest BCUT2D eigenvalue weighted by Crippen LogP contribution is 2.42. The van der Waals surface area contributed by atoms with Crippen molar-refractivity contribution in [3.05, 3.63) is 72.9 Å². The Balaban J connectivity index is 1.59. The lowest BCUT2D eigenvalue weighted by Gasteiger charge is -2.33. The lowest BCUT2D eigenvalue weighted by molar-refractivity contribution is -0.122. The molecule has 2 atom stereocenters. The van der Waals surface area contributed by atoms with Gasteiger partial charge in [-0.2, -0.15) is 15.2 Å². The maximum Gasteiger partial charge on any atom is 0.248 e. The molecule has 4 heterocycles. The summed E-state index contributed by atoms with van der Waals surface area (Å²) in [7, 11) is 0. The van der Waals surface area contributed by atoms with Gasteiger partial charge in [-0.15, -0.1) is 0 Å². The van der Waals surface area contributed by atoms with Crippen molar-refractivity contribution in [1.82, 2.24) is 29.5 Å². The Kier molecular flexibility index (Phi) is 4.09. The molecule has 3 aromatic heterocycles. The highest BCUT2D eigenvalue weighted by Gasteiger charge is 2.43. The van der Waals surface area contributed by atoms with E-state index in [1.54, 1.807) is 17.1 Å². The number of para-hydroxylation sites is 1. The molecule has 2 unspecified atom stereocenters. The number of benzene rings is 1. The molecule has 4 aromatic rings. The van der Waals surface area contributed by atoms with Gasteiger partial charge < -0.3 is 0 Å². The summed E-state index contributed by atoms with van der Waals surface area (Å²) in [5.74, 6) is 0.378. The van der Waals surface area contributed by atoms with Gasteiger partial charge in [0.05, 0.1) is 23.3 Å². The number of aliphatic imine (C=N–C) groups is 1. The number of fused-ring (bicyclic) bond motifs is 2. The lowest BCUT2D eigenvalue weighted by atomic mass is 9.77. The van der Waals surface area contributed by atoms with Gasteiger partial charge in [0.15, 0.2) is 0 Å². The van der Waals surface area contributed by atoms with Crippen molar-refractivity contribution in [2.45, 2.75) is 25.3 Å². The van der Waals surface area contributed by atoms with Gasteiger partial charge in [-0.25, -0.2) is 14.4 Å². The molecule has 2 aliphatic rings. The van der Waals surface area contributed by atoms with E-state index in [4.69, 9.17) is 5.10 Å². The van der Waals surface area contributed by atoms with Gasteiger partial charge in [0.2, 0.25) is 5.95 Å². The summed E-state index contributed by atoms with van der Waals surface area (Å²) in [5.41, 5.74) is 4.42. The van der Waals surface area contributed by atoms with Crippen molar-refractivity contribution in [2.24, 2.45) is 10.9 Å². The zero-order valence-electron chi connectivity index (χ0n) is 16.7. The third kappa shape index (κ3) is 2.91. The van der Waals surface area contributed by atoms with Crippen LogP contribution in [0, 0.1) is 5.92 Å². The molecule has 8 heteroatoms. The highest BCUT2D eigenvalue weighted by molar-refractivity contribution is 6.09. The number of rotatable bonds is 3. The van der Waals surface area contributed by atoms with E-state index in [1.165, 1.54) is 6.33 Å². The molecule has 0 spiro atoms. The average molecular weight is 409 g/mol. The summed E-state index contributed by atoms with van der Waals surface area (Å²) >= 11 is 0. The number of carbonyl (C=O) groups is 1. The van der Waals surface area contributed by atoms with E-state index in [0.29, 0.717) is 12.4 Å². The van der Waals surface area contributed by atoms with Crippen LogP contribution in [0.3, 0.4) is 0 Å². The quantitative estimate of drug-likeness (QED) is 0.516. The minimum atomic E-state index is -0.355. The summed E-state index contributed by atoms with van der Waals surface area (Å²) in [5, 5.41) is 9.36. The summed E-state index contributed by atoms with van der Waals surface area (Å²) in [4.78, 5) is 26.4. The van der Waals surface area contributed by atoms with Gasteiger partial charge in [-0.05, 0) is 37.1 Å². The van der Waals surface area contributed by atoms with Crippen molar-refractivity contribution in [3.63, 3.8) is 0 Å². The standard InChI is InChI=1S/C23H19N7O/c31-19-10-4-9-18-20(19)22(30-23(27-18)25-14-26-30)17-13-29(16-7-2-1-3-8-16)28-21(17)15-6-5-11-24-12-15/h1-3,5-8,11-14,20,22H,4,9-10H2. The van der Waals surface area contributed by atoms with E-state index in [2.05, 4.69) is 20.1 Å². The predicted octanol–water partition coefficient (Wildman–Crippen LogP) is 3.57. The molecule has 31 heavy (non-hydrogen) atoms. The van der Waals surface area contributed by atoms with Crippen molar-refractivity contribution in [3.8, 4) is 16.9 Å². The van der Waals surface area contributed by atoms with Crippen LogP contribution < -0.4 is 0 Å². The number of carbonyl (C=O) groups excluding carboxylic acids is 1. The minimum absolute atomic E-state index is 0.195. The Morgan fingerprint density at radius 3 is 2.77 bits per heavy atom. The second kappa shape index (κ2) is 7.09. The molecular weight excluding hydrogens is 390 g/mol. The first-order valence-electron chi connectivity index (χ1n) is 10.3. The second-order valence-corrected chi connectivity index (χ2v) is 7.80. The Labute approximate surface area is 178 Å². The van der Waals surface area contributed by atoms with Crippen LogP contribution in [0.5, 0.6) is 0 Å². The van der Waals surface area contributed by atoms with Gasteiger partial charge in [0.25, 0.3) is 0 Å². The van der Waals surface area contributed by atoms with Crippen LogP contribution in [0.4, 0.5) is 5.95 Å². The molecule has 0 N–H and O–H groups in total. The van der Waals surface area contributed by atoms with E-state index >= 15 is 0 Å². The number of hydrogen-bond acceptors (Lipinski definition) is 6. The SMILES string of the molecule is O=C1CCCC2=Nc3ncnn3C(c3cn(-c4ccccc4)nc3-c3cccnc3)C12. The fraction of sp³-hybridized carbons (Fsp3) is 0.217. The van der Waals surface area contributed by atoms with E-state index in [1.807, 2.05) is 53.3 Å². The van der Waals surface area contributed by atoms with Gasteiger partial charge in [-0.1, -0.05) is 18.2 Å². The molecule has 1 saturated carbocycles. The fourth-order valence-corrected chi connectivity index (χ4v) is 4.57. The molecule has 152 valence electrons. The first-order valence-corrected chi connectivity index (χ1v) is 10.3. The van der Waals surface area contributed by atoms with Crippen molar-refractivity contribution in [1.29, 1.82) is 0 Å². The van der Waals surface area contributed by atoms with Crippen molar-refractivity contribution < 1.29 is 4.79 Å². The normalized spacial score (nSPS) is 20.1. The van der Waals surface area contributed by atoms with E-state index < -0.39 is 0 Å². The molecule has 0 amide bonds. The number of aromatic nitrogens is 6. The number of ketones is 1. The van der Waals surface area contributed by atoms with E-state index in [-0.39, 0.29) is 17.7 Å². The third-order valence-electron chi connectivity index (χ3n) is 5.96. The number of Topliss-reactive ketones (excluding diaryl/α,β-unsaturated/α-hetero) is 1. The van der Waals surface area contributed by atoms with E-state index in [0.717, 1.165) is 41.1 Å². The van der Waals surface area contributed by atoms with Crippen molar-refractivity contribution in [2.75, 3.05) is 0 Å². The lowest BCUT2D eigenvalue weighted by Crippen LogP contribution is -2.39. The topological polar surface area (TPSA) is 90.8 Å². The largest absolute Gasteiger partial charge is 0.299 e. The zero-order valence-corrected chi connectivity index (χ0v) is 16.7. The Morgan fingerprint density at radius 1 is 1.03 bits per heavy atom. The van der Waals surface area contributed by atoms with Crippen LogP contribution >= 0.6 is 0 Å². The first kappa shape index (κ1) is 17.9. The summed E-state index contributed by atoms with van der Waals surface area (Å²) in [6, 6.07) is 13.5. The maximum atomic E-state index is 13.1. The fourth-order valence-electron chi connectivity index (χ4n) is 4.57. The van der Waals surface area contributed by atoms with Gasteiger partial charge in [-0.3, -0.25) is 9.78 Å². The number of pyridine rings is 1. The van der Waals surface area contributed by atoms with Crippen LogP contribution in [0.2, 0.25) is 0 Å². The number of nitrogens with zero attached hydrogens (tertiary/aromatic N) is 7.